The van der Waals surface area contributed by atoms with Crippen molar-refractivity contribution < 1.29 is 14.7 Å². The Hall–Kier alpha value is -2.83. The highest BCUT2D eigenvalue weighted by atomic mass is 16.4. The van der Waals surface area contributed by atoms with Crippen molar-refractivity contribution in [2.24, 2.45) is 0 Å². The number of urea groups is 1. The molecule has 110 valence electrons. The number of carbonyl (C=O) groups is 2. The number of carbonyl (C=O) groups excluding carboxylic acids is 1. The summed E-state index contributed by atoms with van der Waals surface area (Å²) in [4.78, 5) is 22.4. The highest BCUT2D eigenvalue weighted by Crippen LogP contribution is 2.05. The van der Waals surface area contributed by atoms with Crippen molar-refractivity contribution in [2.75, 3.05) is 6.54 Å². The smallest absolute Gasteiger partial charge is 0.335 e. The Morgan fingerprint density at radius 1 is 1.24 bits per heavy atom. The number of benzene rings is 1. The van der Waals surface area contributed by atoms with Crippen LogP contribution < -0.4 is 10.6 Å². The number of aromatic nitrogens is 2. The predicted octanol–water partition coefficient (Wildman–Crippen LogP) is 1.15. The molecule has 0 aliphatic rings. The normalized spacial score (nSPS) is 10.1. The quantitative estimate of drug-likeness (QED) is 0.639. The van der Waals surface area contributed by atoms with E-state index in [1.54, 1.807) is 24.5 Å². The topological polar surface area (TPSA) is 107 Å². The minimum atomic E-state index is -0.956. The molecule has 0 saturated carbocycles. The average molecular weight is 288 g/mol. The lowest BCUT2D eigenvalue weighted by Gasteiger charge is -2.07. The van der Waals surface area contributed by atoms with Crippen LogP contribution in [-0.4, -0.2) is 33.8 Å². The molecule has 0 spiro atoms. The fourth-order valence-corrected chi connectivity index (χ4v) is 1.80. The molecule has 0 aliphatic heterocycles. The Balaban J connectivity index is 1.72. The second-order valence-electron chi connectivity index (χ2n) is 4.47. The van der Waals surface area contributed by atoms with Crippen molar-refractivity contribution in [2.45, 2.75) is 13.0 Å². The molecule has 2 aromatic rings. The van der Waals surface area contributed by atoms with Gasteiger partial charge in [-0.15, -0.1) is 0 Å². The Morgan fingerprint density at radius 2 is 2.10 bits per heavy atom. The number of amides is 2. The lowest BCUT2D eigenvalue weighted by molar-refractivity contribution is 0.0696. The number of aromatic amines is 1. The first kappa shape index (κ1) is 14.6. The molecule has 0 radical (unpaired) electrons. The Kier molecular flexibility index (Phi) is 4.92. The predicted molar refractivity (Wildman–Crippen MR) is 75.9 cm³/mol. The van der Waals surface area contributed by atoms with Gasteiger partial charge in [-0.05, 0) is 24.1 Å². The average Bonchev–Trinajstić information content (AvgIpc) is 2.99. The first-order valence-corrected chi connectivity index (χ1v) is 6.47. The summed E-state index contributed by atoms with van der Waals surface area (Å²) in [5, 5.41) is 20.7. The third-order valence-electron chi connectivity index (χ3n) is 2.88. The van der Waals surface area contributed by atoms with Crippen LogP contribution in [-0.2, 0) is 13.0 Å². The summed E-state index contributed by atoms with van der Waals surface area (Å²) < 4.78 is 0. The summed E-state index contributed by atoms with van der Waals surface area (Å²) in [5.41, 5.74) is 2.00. The van der Waals surface area contributed by atoms with Gasteiger partial charge in [-0.1, -0.05) is 12.1 Å². The Labute approximate surface area is 121 Å². The van der Waals surface area contributed by atoms with Gasteiger partial charge in [0, 0.05) is 24.8 Å². The van der Waals surface area contributed by atoms with Crippen LogP contribution in [0.1, 0.15) is 21.5 Å². The van der Waals surface area contributed by atoms with Crippen LogP contribution in [0.15, 0.2) is 36.7 Å². The van der Waals surface area contributed by atoms with Crippen LogP contribution in [0.4, 0.5) is 4.79 Å². The molecule has 4 N–H and O–H groups in total. The standard InChI is InChI=1S/C14H16N4O3/c19-13(20)12-3-1-2-10(6-12)4-5-15-14(21)16-7-11-8-17-18-9-11/h1-3,6,8-9H,4-5,7H2,(H,17,18)(H,19,20)(H2,15,16,21). The van der Waals surface area contributed by atoms with Crippen molar-refractivity contribution in [3.8, 4) is 0 Å². The number of carboxylic acids is 1. The molecule has 0 fully saturated rings. The second-order valence-corrected chi connectivity index (χ2v) is 4.47. The number of rotatable bonds is 6. The van der Waals surface area contributed by atoms with E-state index < -0.39 is 5.97 Å². The summed E-state index contributed by atoms with van der Waals surface area (Å²) in [5.74, 6) is -0.956. The van der Waals surface area contributed by atoms with Gasteiger partial charge in [-0.25, -0.2) is 9.59 Å². The van der Waals surface area contributed by atoms with Crippen LogP contribution in [0.5, 0.6) is 0 Å². The monoisotopic (exact) mass is 288 g/mol. The van der Waals surface area contributed by atoms with Crippen molar-refractivity contribution in [1.82, 2.24) is 20.8 Å². The highest BCUT2D eigenvalue weighted by Gasteiger charge is 2.04. The van der Waals surface area contributed by atoms with Gasteiger partial charge in [-0.2, -0.15) is 5.10 Å². The Morgan fingerprint density at radius 3 is 2.81 bits per heavy atom. The van der Waals surface area contributed by atoms with Gasteiger partial charge in [0.1, 0.15) is 0 Å². The molecule has 7 nitrogen and oxygen atoms in total. The minimum absolute atomic E-state index is 0.247. The van der Waals surface area contributed by atoms with E-state index >= 15 is 0 Å². The maximum atomic E-state index is 11.6. The maximum absolute atomic E-state index is 11.6. The van der Waals surface area contributed by atoms with E-state index in [1.807, 2.05) is 6.07 Å². The van der Waals surface area contributed by atoms with E-state index in [1.165, 1.54) is 6.07 Å². The summed E-state index contributed by atoms with van der Waals surface area (Å²) in [6, 6.07) is 6.39. The fourth-order valence-electron chi connectivity index (χ4n) is 1.80. The number of nitrogens with zero attached hydrogens (tertiary/aromatic N) is 1. The van der Waals surface area contributed by atoms with Crippen molar-refractivity contribution in [3.05, 3.63) is 53.3 Å². The summed E-state index contributed by atoms with van der Waals surface area (Å²) in [6.45, 7) is 0.830. The molecule has 0 atom stereocenters. The van der Waals surface area contributed by atoms with E-state index in [0.29, 0.717) is 19.5 Å². The molecule has 0 unspecified atom stereocenters. The van der Waals surface area contributed by atoms with Crippen LogP contribution in [0.25, 0.3) is 0 Å². The zero-order valence-corrected chi connectivity index (χ0v) is 11.3. The molecular weight excluding hydrogens is 272 g/mol. The molecule has 1 heterocycles. The van der Waals surface area contributed by atoms with Gasteiger partial charge in [0.05, 0.1) is 11.8 Å². The fraction of sp³-hybridized carbons (Fsp3) is 0.214. The third kappa shape index (κ3) is 4.64. The van der Waals surface area contributed by atoms with Gasteiger partial charge in [0.15, 0.2) is 0 Å². The zero-order valence-electron chi connectivity index (χ0n) is 11.3. The maximum Gasteiger partial charge on any atom is 0.335 e. The van der Waals surface area contributed by atoms with Crippen LogP contribution >= 0.6 is 0 Å². The number of hydrogen-bond acceptors (Lipinski definition) is 3. The van der Waals surface area contributed by atoms with Crippen LogP contribution in [0.3, 0.4) is 0 Å². The molecule has 1 aromatic heterocycles. The first-order valence-electron chi connectivity index (χ1n) is 6.47. The summed E-state index contributed by atoms with van der Waals surface area (Å²) in [7, 11) is 0. The van der Waals surface area contributed by atoms with E-state index in [4.69, 9.17) is 5.11 Å². The summed E-state index contributed by atoms with van der Waals surface area (Å²) in [6.07, 6.45) is 3.91. The molecule has 2 amide bonds. The van der Waals surface area contributed by atoms with Crippen molar-refractivity contribution in [3.63, 3.8) is 0 Å². The largest absolute Gasteiger partial charge is 0.478 e. The molecule has 0 saturated heterocycles. The molecule has 0 aliphatic carbocycles. The number of carboxylic acid groups (broad SMARTS) is 1. The molecule has 0 bridgehead atoms. The SMILES string of the molecule is O=C(NCCc1cccc(C(=O)O)c1)NCc1cn[nH]c1. The lowest BCUT2D eigenvalue weighted by atomic mass is 10.1. The zero-order chi connectivity index (χ0) is 15.1. The van der Waals surface area contributed by atoms with E-state index in [2.05, 4.69) is 20.8 Å². The molecular formula is C14H16N4O3. The van der Waals surface area contributed by atoms with Crippen LogP contribution in [0.2, 0.25) is 0 Å². The second kappa shape index (κ2) is 7.09. The number of aromatic carboxylic acids is 1. The van der Waals surface area contributed by atoms with Gasteiger partial charge in [0.25, 0.3) is 0 Å². The number of H-pyrrole nitrogens is 1. The van der Waals surface area contributed by atoms with Gasteiger partial charge >= 0.3 is 12.0 Å². The van der Waals surface area contributed by atoms with Crippen molar-refractivity contribution in [1.29, 1.82) is 0 Å². The molecule has 1 aromatic carbocycles. The van der Waals surface area contributed by atoms with Gasteiger partial charge < -0.3 is 15.7 Å². The molecule has 21 heavy (non-hydrogen) atoms. The van der Waals surface area contributed by atoms with Gasteiger partial charge in [0.2, 0.25) is 0 Å². The molecule has 2 rings (SSSR count). The van der Waals surface area contributed by atoms with Gasteiger partial charge in [-0.3, -0.25) is 5.10 Å². The van der Waals surface area contributed by atoms with Crippen molar-refractivity contribution >= 4 is 12.0 Å². The number of hydrogen-bond donors (Lipinski definition) is 4. The summed E-state index contributed by atoms with van der Waals surface area (Å²) >= 11 is 0. The van der Waals surface area contributed by atoms with E-state index in [9.17, 15) is 9.59 Å². The minimum Gasteiger partial charge on any atom is -0.478 e. The molecule has 7 heteroatoms. The third-order valence-corrected chi connectivity index (χ3v) is 2.88. The highest BCUT2D eigenvalue weighted by molar-refractivity contribution is 5.87. The Bertz CT molecular complexity index is 610. The lowest BCUT2D eigenvalue weighted by Crippen LogP contribution is -2.36. The van der Waals surface area contributed by atoms with E-state index in [-0.39, 0.29) is 11.6 Å². The number of nitrogens with one attached hydrogen (secondary N) is 3. The first-order chi connectivity index (χ1) is 10.1. The van der Waals surface area contributed by atoms with Crippen LogP contribution in [0, 0.1) is 0 Å². The van der Waals surface area contributed by atoms with E-state index in [0.717, 1.165) is 11.1 Å².